The zero-order valence-electron chi connectivity index (χ0n) is 18.5. The van der Waals surface area contributed by atoms with Crippen LogP contribution in [0.5, 0.6) is 5.75 Å². The molecule has 2 N–H and O–H groups in total. The number of allylic oxidation sites excluding steroid dienone is 3. The number of fused-ring (bicyclic) bond motifs is 1. The molecule has 0 amide bonds. The highest BCUT2D eigenvalue weighted by molar-refractivity contribution is 6.08. The third kappa shape index (κ3) is 3.96. The Bertz CT molecular complexity index is 1450. The van der Waals surface area contributed by atoms with Gasteiger partial charge in [-0.15, -0.1) is 0 Å². The van der Waals surface area contributed by atoms with Crippen LogP contribution in [0.3, 0.4) is 0 Å². The van der Waals surface area contributed by atoms with Crippen LogP contribution in [0.25, 0.3) is 17.2 Å². The van der Waals surface area contributed by atoms with Crippen LogP contribution in [0.1, 0.15) is 40.4 Å². The molecule has 0 aliphatic heterocycles. The minimum Gasteiger partial charge on any atom is -0.489 e. The van der Waals surface area contributed by atoms with Gasteiger partial charge in [-0.1, -0.05) is 12.1 Å². The number of nitro benzene ring substituents is 1. The molecule has 1 aliphatic rings. The first-order valence-corrected chi connectivity index (χ1v) is 10.3. The smallest absolute Gasteiger partial charge is 0.269 e. The molecule has 3 aromatic rings. The Hall–Kier alpha value is -4.95. The topological polar surface area (TPSA) is 139 Å². The number of nitriles is 2. The number of rotatable bonds is 5. The molecule has 2 aromatic carbocycles. The molecule has 0 saturated carbocycles. The van der Waals surface area contributed by atoms with E-state index in [0.717, 1.165) is 27.8 Å². The van der Waals surface area contributed by atoms with E-state index in [1.54, 1.807) is 12.1 Å². The maximum atomic E-state index is 10.8. The summed E-state index contributed by atoms with van der Waals surface area (Å²) >= 11 is 0. The highest BCUT2D eigenvalue weighted by atomic mass is 16.6. The van der Waals surface area contributed by atoms with Crippen LogP contribution in [-0.2, 0) is 6.61 Å². The van der Waals surface area contributed by atoms with E-state index < -0.39 is 4.92 Å². The molecule has 4 rings (SSSR count). The van der Waals surface area contributed by atoms with Gasteiger partial charge in [-0.2, -0.15) is 10.5 Å². The zero-order chi connectivity index (χ0) is 24.4. The number of nitrogen functional groups attached to an aromatic ring is 1. The molecule has 34 heavy (non-hydrogen) atoms. The summed E-state index contributed by atoms with van der Waals surface area (Å²) in [7, 11) is 0. The predicted octanol–water partition coefficient (Wildman–Crippen LogP) is 5.18. The molecule has 0 atom stereocenters. The lowest BCUT2D eigenvalue weighted by atomic mass is 9.95. The van der Waals surface area contributed by atoms with Crippen LogP contribution >= 0.6 is 0 Å². The molecular formula is C26H19N5O3. The van der Waals surface area contributed by atoms with E-state index in [-0.39, 0.29) is 18.1 Å². The van der Waals surface area contributed by atoms with Gasteiger partial charge in [-0.05, 0) is 72.0 Å². The molecule has 8 nitrogen and oxygen atoms in total. The number of nitro groups is 1. The summed E-state index contributed by atoms with van der Waals surface area (Å²) in [6.07, 6.45) is 1.95. The van der Waals surface area contributed by atoms with Gasteiger partial charge >= 0.3 is 0 Å². The SMILES string of the molecule is CC1=C(C#N)c2nc(N)c(C#N)c(C)c2/C1=C/c1ccc(OCc2ccc([N+](=O)[O-])cc2)cc1. The molecule has 166 valence electrons. The number of non-ortho nitro benzene ring substituents is 1. The van der Waals surface area contributed by atoms with Crippen molar-refractivity contribution in [1.29, 1.82) is 10.5 Å². The Labute approximate surface area is 196 Å². The fourth-order valence-electron chi connectivity index (χ4n) is 3.90. The standard InChI is InChI=1S/C26H19N5O3/c1-15-21(24-16(2)23(13-28)26(29)30-25(24)22(15)12-27)11-17-5-9-20(10-6-17)34-14-18-3-7-19(8-4-18)31(32)33/h3-11H,14H2,1-2H3,(H2,29,30)/b21-11+. The number of hydrogen-bond donors (Lipinski definition) is 1. The number of hydrogen-bond acceptors (Lipinski definition) is 7. The molecule has 8 heteroatoms. The van der Waals surface area contributed by atoms with Gasteiger partial charge in [0.1, 0.15) is 30.3 Å². The molecule has 1 aromatic heterocycles. The quantitative estimate of drug-likeness (QED) is 0.418. The van der Waals surface area contributed by atoms with Crippen molar-refractivity contribution >= 4 is 28.7 Å². The maximum Gasteiger partial charge on any atom is 0.269 e. The average molecular weight is 449 g/mol. The van der Waals surface area contributed by atoms with E-state index in [1.807, 2.05) is 44.2 Å². The largest absolute Gasteiger partial charge is 0.489 e. The van der Waals surface area contributed by atoms with E-state index in [1.165, 1.54) is 12.1 Å². The van der Waals surface area contributed by atoms with Gasteiger partial charge in [-0.25, -0.2) is 4.98 Å². The van der Waals surface area contributed by atoms with Crippen LogP contribution in [-0.4, -0.2) is 9.91 Å². The van der Waals surface area contributed by atoms with Gasteiger partial charge in [0.15, 0.2) is 0 Å². The summed E-state index contributed by atoms with van der Waals surface area (Å²) < 4.78 is 5.79. The molecule has 1 heterocycles. The zero-order valence-corrected chi connectivity index (χ0v) is 18.5. The summed E-state index contributed by atoms with van der Waals surface area (Å²) in [6, 6.07) is 18.0. The Kier molecular flexibility index (Phi) is 5.82. The second kappa shape index (κ2) is 8.89. The summed E-state index contributed by atoms with van der Waals surface area (Å²) in [5, 5.41) is 29.9. The fourth-order valence-corrected chi connectivity index (χ4v) is 3.90. The lowest BCUT2D eigenvalue weighted by Gasteiger charge is -2.11. The van der Waals surface area contributed by atoms with Crippen molar-refractivity contribution in [2.75, 3.05) is 5.73 Å². The molecular weight excluding hydrogens is 430 g/mol. The van der Waals surface area contributed by atoms with E-state index in [0.29, 0.717) is 28.1 Å². The summed E-state index contributed by atoms with van der Waals surface area (Å²) in [5.41, 5.74) is 12.0. The number of pyridine rings is 1. The van der Waals surface area contributed by atoms with Crippen molar-refractivity contribution in [3.63, 3.8) is 0 Å². The molecule has 0 radical (unpaired) electrons. The van der Waals surface area contributed by atoms with Crippen molar-refractivity contribution in [3.8, 4) is 17.9 Å². The van der Waals surface area contributed by atoms with Crippen molar-refractivity contribution in [1.82, 2.24) is 4.98 Å². The summed E-state index contributed by atoms with van der Waals surface area (Å²) in [4.78, 5) is 14.7. The molecule has 0 bridgehead atoms. The van der Waals surface area contributed by atoms with Crippen molar-refractivity contribution in [2.45, 2.75) is 20.5 Å². The highest BCUT2D eigenvalue weighted by Crippen LogP contribution is 2.44. The Balaban J connectivity index is 1.59. The molecule has 0 unspecified atom stereocenters. The van der Waals surface area contributed by atoms with Gasteiger partial charge in [-0.3, -0.25) is 10.1 Å². The molecule has 0 fully saturated rings. The predicted molar refractivity (Wildman–Crippen MR) is 128 cm³/mol. The lowest BCUT2D eigenvalue weighted by Crippen LogP contribution is -2.03. The van der Waals surface area contributed by atoms with Crippen molar-refractivity contribution in [2.24, 2.45) is 0 Å². The van der Waals surface area contributed by atoms with Crippen molar-refractivity contribution in [3.05, 3.63) is 97.7 Å². The second-order valence-electron chi connectivity index (χ2n) is 7.78. The van der Waals surface area contributed by atoms with Gasteiger partial charge in [0.05, 0.1) is 21.8 Å². The second-order valence-corrected chi connectivity index (χ2v) is 7.78. The highest BCUT2D eigenvalue weighted by Gasteiger charge is 2.29. The third-order valence-corrected chi connectivity index (χ3v) is 5.73. The van der Waals surface area contributed by atoms with E-state index in [9.17, 15) is 20.6 Å². The maximum absolute atomic E-state index is 10.8. The first kappa shape index (κ1) is 22.3. The first-order chi connectivity index (χ1) is 16.3. The van der Waals surface area contributed by atoms with Crippen LogP contribution < -0.4 is 10.5 Å². The fraction of sp³-hybridized carbons (Fsp3) is 0.115. The van der Waals surface area contributed by atoms with Gasteiger partial charge in [0.25, 0.3) is 5.69 Å². The molecule has 0 saturated heterocycles. The number of benzene rings is 2. The van der Waals surface area contributed by atoms with E-state index in [2.05, 4.69) is 17.1 Å². The number of ether oxygens (including phenoxy) is 1. The van der Waals surface area contributed by atoms with Crippen molar-refractivity contribution < 1.29 is 9.66 Å². The summed E-state index contributed by atoms with van der Waals surface area (Å²) in [5.74, 6) is 0.768. The number of anilines is 1. The Morgan fingerprint density at radius 3 is 2.35 bits per heavy atom. The number of nitrogens with two attached hydrogens (primary N) is 1. The number of nitrogens with zero attached hydrogens (tertiary/aromatic N) is 4. The normalized spacial score (nSPS) is 13.4. The summed E-state index contributed by atoms with van der Waals surface area (Å²) in [6.45, 7) is 3.95. The number of aromatic nitrogens is 1. The van der Waals surface area contributed by atoms with Crippen LogP contribution in [0, 0.1) is 39.7 Å². The Morgan fingerprint density at radius 2 is 1.76 bits per heavy atom. The van der Waals surface area contributed by atoms with E-state index in [4.69, 9.17) is 10.5 Å². The molecule has 0 spiro atoms. The van der Waals surface area contributed by atoms with Gasteiger partial charge in [0.2, 0.25) is 0 Å². The minimum atomic E-state index is -0.440. The monoisotopic (exact) mass is 449 g/mol. The first-order valence-electron chi connectivity index (χ1n) is 10.3. The minimum absolute atomic E-state index is 0.0357. The lowest BCUT2D eigenvalue weighted by molar-refractivity contribution is -0.384. The van der Waals surface area contributed by atoms with Crippen LogP contribution in [0.2, 0.25) is 0 Å². The van der Waals surface area contributed by atoms with Crippen LogP contribution in [0.4, 0.5) is 11.5 Å². The van der Waals surface area contributed by atoms with Gasteiger partial charge in [0, 0.05) is 17.7 Å². The average Bonchev–Trinajstić information content (AvgIpc) is 3.09. The van der Waals surface area contributed by atoms with Gasteiger partial charge < -0.3 is 10.5 Å². The van der Waals surface area contributed by atoms with E-state index >= 15 is 0 Å². The Morgan fingerprint density at radius 1 is 1.09 bits per heavy atom. The van der Waals surface area contributed by atoms with Crippen LogP contribution in [0.15, 0.2) is 54.1 Å². The third-order valence-electron chi connectivity index (χ3n) is 5.73. The molecule has 1 aliphatic carbocycles.